The molecule has 0 unspecified atom stereocenters. The third-order valence-electron chi connectivity index (χ3n) is 2.82. The average Bonchev–Trinajstić information content (AvgIpc) is 2.38. The molecule has 0 aliphatic carbocycles. The van der Waals surface area contributed by atoms with Gasteiger partial charge in [0.25, 0.3) is 0 Å². The first-order valence-electron chi connectivity index (χ1n) is 5.95. The van der Waals surface area contributed by atoms with Gasteiger partial charge in [0.2, 0.25) is 0 Å². The first-order valence-corrected chi connectivity index (χ1v) is 6.36. The molecule has 2 rings (SSSR count). The molecule has 5 heteroatoms. The van der Waals surface area contributed by atoms with Gasteiger partial charge in [-0.2, -0.15) is 0 Å². The number of rotatable bonds is 4. The van der Waals surface area contributed by atoms with Crippen molar-refractivity contribution in [3.8, 4) is 0 Å². The Morgan fingerprint density at radius 1 is 1.37 bits per heavy atom. The highest BCUT2D eigenvalue weighted by molar-refractivity contribution is 7.80. The number of aromatic nitrogens is 2. The molecule has 4 nitrogen and oxygen atoms in total. The fourth-order valence-electron chi connectivity index (χ4n) is 1.91. The molecular formula is C14H16N4S. The summed E-state index contributed by atoms with van der Waals surface area (Å²) in [4.78, 5) is 11.0. The van der Waals surface area contributed by atoms with Crippen molar-refractivity contribution in [2.75, 3.05) is 11.9 Å². The van der Waals surface area contributed by atoms with E-state index in [9.17, 15) is 0 Å². The van der Waals surface area contributed by atoms with E-state index < -0.39 is 0 Å². The molecule has 0 aliphatic rings. The molecule has 2 aromatic rings. The summed E-state index contributed by atoms with van der Waals surface area (Å²) in [6.45, 7) is 2.66. The van der Waals surface area contributed by atoms with Crippen molar-refractivity contribution in [3.05, 3.63) is 53.6 Å². The summed E-state index contributed by atoms with van der Waals surface area (Å²) >= 11 is 5.06. The Morgan fingerprint density at radius 3 is 2.84 bits per heavy atom. The van der Waals surface area contributed by atoms with Crippen LogP contribution in [0.1, 0.15) is 17.0 Å². The van der Waals surface area contributed by atoms with Crippen molar-refractivity contribution in [2.24, 2.45) is 5.73 Å². The maximum absolute atomic E-state index is 5.73. The van der Waals surface area contributed by atoms with Crippen LogP contribution in [0.4, 0.5) is 5.69 Å². The summed E-state index contributed by atoms with van der Waals surface area (Å²) < 4.78 is 0. The topological polar surface area (TPSA) is 55.0 Å². The van der Waals surface area contributed by atoms with E-state index in [0.29, 0.717) is 11.5 Å². The van der Waals surface area contributed by atoms with Gasteiger partial charge in [0.15, 0.2) is 0 Å². The van der Waals surface area contributed by atoms with E-state index in [2.05, 4.69) is 9.97 Å². The zero-order valence-electron chi connectivity index (χ0n) is 11.0. The lowest BCUT2D eigenvalue weighted by molar-refractivity contribution is 0.872. The molecule has 0 amide bonds. The number of nitrogens with zero attached hydrogens (tertiary/aromatic N) is 3. The molecule has 19 heavy (non-hydrogen) atoms. The molecule has 0 atom stereocenters. The predicted octanol–water partition coefficient (Wildman–Crippen LogP) is 2.06. The van der Waals surface area contributed by atoms with Crippen LogP contribution in [0.2, 0.25) is 0 Å². The van der Waals surface area contributed by atoms with Crippen LogP contribution in [-0.4, -0.2) is 22.0 Å². The largest absolute Gasteiger partial charge is 0.389 e. The van der Waals surface area contributed by atoms with Crippen molar-refractivity contribution < 1.29 is 0 Å². The summed E-state index contributed by atoms with van der Waals surface area (Å²) in [7, 11) is 1.98. The minimum atomic E-state index is 0.376. The summed E-state index contributed by atoms with van der Waals surface area (Å²) in [5.74, 6) is 0. The molecule has 98 valence electrons. The highest BCUT2D eigenvalue weighted by Gasteiger charge is 2.10. The highest BCUT2D eigenvalue weighted by Crippen LogP contribution is 2.19. The minimum absolute atomic E-state index is 0.376. The maximum Gasteiger partial charge on any atom is 0.106 e. The fraction of sp³-hybridized carbons (Fsp3) is 0.214. The van der Waals surface area contributed by atoms with E-state index in [4.69, 9.17) is 18.0 Å². The number of hydrogen-bond acceptors (Lipinski definition) is 4. The maximum atomic E-state index is 5.73. The zero-order valence-corrected chi connectivity index (χ0v) is 11.8. The van der Waals surface area contributed by atoms with Gasteiger partial charge in [0.1, 0.15) is 4.99 Å². The van der Waals surface area contributed by atoms with Gasteiger partial charge in [0, 0.05) is 24.5 Å². The van der Waals surface area contributed by atoms with E-state index in [1.807, 2.05) is 43.1 Å². The van der Waals surface area contributed by atoms with Crippen LogP contribution < -0.4 is 10.6 Å². The van der Waals surface area contributed by atoms with Crippen molar-refractivity contribution >= 4 is 22.9 Å². The van der Waals surface area contributed by atoms with Crippen LogP contribution in [0.15, 0.2) is 36.7 Å². The molecule has 0 saturated heterocycles. The summed E-state index contributed by atoms with van der Waals surface area (Å²) in [5, 5.41) is 0. The highest BCUT2D eigenvalue weighted by atomic mass is 32.1. The van der Waals surface area contributed by atoms with Crippen LogP contribution in [0.5, 0.6) is 0 Å². The van der Waals surface area contributed by atoms with Crippen molar-refractivity contribution in [2.45, 2.75) is 13.5 Å². The standard InChI is InChI=1S/C14H16N4S/c1-10-4-3-5-11(17-10)9-18(2)13-8-16-7-6-12(13)14(15)19/h3-8H,9H2,1-2H3,(H2,15,19). The minimum Gasteiger partial charge on any atom is -0.389 e. The molecule has 0 fully saturated rings. The Kier molecular flexibility index (Phi) is 4.06. The fourth-order valence-corrected chi connectivity index (χ4v) is 2.09. The lowest BCUT2D eigenvalue weighted by atomic mass is 10.2. The van der Waals surface area contributed by atoms with E-state index >= 15 is 0 Å². The van der Waals surface area contributed by atoms with E-state index in [1.54, 1.807) is 12.4 Å². The van der Waals surface area contributed by atoms with Crippen LogP contribution in [-0.2, 0) is 6.54 Å². The first-order chi connectivity index (χ1) is 9.08. The average molecular weight is 272 g/mol. The van der Waals surface area contributed by atoms with Gasteiger partial charge in [-0.05, 0) is 25.1 Å². The second-order valence-electron chi connectivity index (χ2n) is 4.38. The Bertz CT molecular complexity index is 598. The lowest BCUT2D eigenvalue weighted by Crippen LogP contribution is -2.22. The molecule has 0 spiro atoms. The van der Waals surface area contributed by atoms with Gasteiger partial charge in [-0.25, -0.2) is 0 Å². The monoisotopic (exact) mass is 272 g/mol. The molecule has 2 heterocycles. The number of hydrogen-bond donors (Lipinski definition) is 1. The Balaban J connectivity index is 2.25. The second kappa shape index (κ2) is 5.75. The van der Waals surface area contributed by atoms with Crippen molar-refractivity contribution in [1.29, 1.82) is 0 Å². The van der Waals surface area contributed by atoms with E-state index in [0.717, 1.165) is 22.6 Å². The predicted molar refractivity (Wildman–Crippen MR) is 81.2 cm³/mol. The molecule has 0 saturated carbocycles. The van der Waals surface area contributed by atoms with Crippen molar-refractivity contribution in [1.82, 2.24) is 9.97 Å². The normalized spacial score (nSPS) is 10.2. The zero-order chi connectivity index (χ0) is 13.8. The lowest BCUT2D eigenvalue weighted by Gasteiger charge is -2.21. The van der Waals surface area contributed by atoms with E-state index in [-0.39, 0.29) is 0 Å². The van der Waals surface area contributed by atoms with Gasteiger partial charge in [-0.15, -0.1) is 0 Å². The third kappa shape index (κ3) is 3.26. The quantitative estimate of drug-likeness (QED) is 0.863. The van der Waals surface area contributed by atoms with Gasteiger partial charge in [0.05, 0.1) is 24.1 Å². The smallest absolute Gasteiger partial charge is 0.106 e. The number of anilines is 1. The van der Waals surface area contributed by atoms with E-state index in [1.165, 1.54) is 0 Å². The molecule has 2 aromatic heterocycles. The number of aryl methyl sites for hydroxylation is 1. The SMILES string of the molecule is Cc1cccc(CN(C)c2cnccc2C(N)=S)n1. The number of thiocarbonyl (C=S) groups is 1. The third-order valence-corrected chi connectivity index (χ3v) is 3.04. The van der Waals surface area contributed by atoms with Crippen LogP contribution in [0.3, 0.4) is 0 Å². The molecule has 0 radical (unpaired) electrons. The summed E-state index contributed by atoms with van der Waals surface area (Å²) in [5.41, 5.74) is 9.49. The molecule has 0 aliphatic heterocycles. The Labute approximate surface area is 118 Å². The van der Waals surface area contributed by atoms with Gasteiger partial charge >= 0.3 is 0 Å². The Morgan fingerprint density at radius 2 is 2.16 bits per heavy atom. The van der Waals surface area contributed by atoms with Crippen molar-refractivity contribution in [3.63, 3.8) is 0 Å². The molecule has 0 bridgehead atoms. The number of pyridine rings is 2. The molecule has 0 aromatic carbocycles. The summed E-state index contributed by atoms with van der Waals surface area (Å²) in [6, 6.07) is 7.81. The second-order valence-corrected chi connectivity index (χ2v) is 4.82. The van der Waals surface area contributed by atoms with Gasteiger partial charge in [-0.3, -0.25) is 9.97 Å². The van der Waals surface area contributed by atoms with Gasteiger partial charge < -0.3 is 10.6 Å². The Hall–Kier alpha value is -2.01. The molecule has 2 N–H and O–H groups in total. The van der Waals surface area contributed by atoms with Crippen LogP contribution in [0.25, 0.3) is 0 Å². The van der Waals surface area contributed by atoms with Gasteiger partial charge in [-0.1, -0.05) is 18.3 Å². The first kappa shape index (κ1) is 13.4. The summed E-state index contributed by atoms with van der Waals surface area (Å²) in [6.07, 6.45) is 3.46. The van der Waals surface area contributed by atoms with Crippen LogP contribution in [0, 0.1) is 6.92 Å². The number of nitrogens with two attached hydrogens (primary N) is 1. The van der Waals surface area contributed by atoms with Crippen LogP contribution >= 0.6 is 12.2 Å². The molecular weight excluding hydrogens is 256 g/mol.